The number of rotatable bonds is 6. The van der Waals surface area contributed by atoms with Gasteiger partial charge in [0.2, 0.25) is 5.96 Å². The molecule has 0 spiro atoms. The van der Waals surface area contributed by atoms with Gasteiger partial charge in [0.05, 0.1) is 12.3 Å². The number of hydrogen-bond donors (Lipinski definition) is 4. The number of ether oxygens (including phenoxy) is 2. The van der Waals surface area contributed by atoms with E-state index in [1.807, 2.05) is 19.2 Å². The van der Waals surface area contributed by atoms with Crippen molar-refractivity contribution in [1.29, 1.82) is 10.5 Å². The van der Waals surface area contributed by atoms with Crippen LogP contribution in [0, 0.1) is 28.6 Å². The van der Waals surface area contributed by atoms with Crippen LogP contribution in [0.3, 0.4) is 0 Å². The van der Waals surface area contributed by atoms with E-state index in [4.69, 9.17) is 26.2 Å². The van der Waals surface area contributed by atoms with Gasteiger partial charge in [-0.05, 0) is 42.3 Å². The maximum atomic E-state index is 13.2. The summed E-state index contributed by atoms with van der Waals surface area (Å²) in [5, 5.41) is 23.9. The molecule has 1 atom stereocenters. The van der Waals surface area contributed by atoms with Gasteiger partial charge in [-0.2, -0.15) is 10.5 Å². The molecule has 6 N–H and O–H groups in total. The number of benzene rings is 2. The first-order chi connectivity index (χ1) is 16.9. The minimum Gasteiger partial charge on any atom is -0.490 e. The van der Waals surface area contributed by atoms with Gasteiger partial charge in [0.25, 0.3) is 0 Å². The van der Waals surface area contributed by atoms with E-state index in [2.05, 4.69) is 20.6 Å². The van der Waals surface area contributed by atoms with Gasteiger partial charge in [0, 0.05) is 5.56 Å². The second-order valence-corrected chi connectivity index (χ2v) is 7.46. The van der Waals surface area contributed by atoms with Crippen molar-refractivity contribution < 1.29 is 13.9 Å². The van der Waals surface area contributed by atoms with Crippen molar-refractivity contribution >= 4 is 23.3 Å². The molecule has 0 radical (unpaired) electrons. The van der Waals surface area contributed by atoms with E-state index in [-0.39, 0.29) is 41.3 Å². The molecule has 1 aliphatic rings. The second kappa shape index (κ2) is 9.85. The van der Waals surface area contributed by atoms with E-state index in [1.165, 1.54) is 12.1 Å². The fraction of sp³-hybridized carbons (Fsp3) is 0.167. The molecule has 0 saturated heterocycles. The Morgan fingerprint density at radius 2 is 1.89 bits per heavy atom. The van der Waals surface area contributed by atoms with Crippen molar-refractivity contribution in [1.82, 2.24) is 10.3 Å². The molecule has 35 heavy (non-hydrogen) atoms. The van der Waals surface area contributed by atoms with Crippen molar-refractivity contribution in [2.75, 3.05) is 23.4 Å². The van der Waals surface area contributed by atoms with Crippen LogP contribution in [0.15, 0.2) is 47.5 Å². The van der Waals surface area contributed by atoms with Gasteiger partial charge in [0.1, 0.15) is 41.7 Å². The van der Waals surface area contributed by atoms with E-state index in [0.717, 1.165) is 5.56 Å². The molecule has 10 nitrogen and oxygen atoms in total. The second-order valence-electron chi connectivity index (χ2n) is 7.46. The van der Waals surface area contributed by atoms with Crippen LogP contribution in [0.4, 0.5) is 21.7 Å². The Bertz CT molecular complexity index is 1380. The number of hydrogen-bond acceptors (Lipinski definition) is 10. The first kappa shape index (κ1) is 23.1. The number of nitrogen functional groups attached to an aromatic ring is 2. The Hall–Kier alpha value is -5.03. The zero-order valence-corrected chi connectivity index (χ0v) is 18.7. The summed E-state index contributed by atoms with van der Waals surface area (Å²) in [5.41, 5.74) is 14.3. The number of halogens is 1. The van der Waals surface area contributed by atoms with Crippen molar-refractivity contribution in [3.8, 4) is 23.8 Å². The number of fused-ring (bicyclic) bond motifs is 1. The molecule has 1 aromatic heterocycles. The highest BCUT2D eigenvalue weighted by atomic mass is 19.1. The lowest BCUT2D eigenvalue weighted by Crippen LogP contribution is -2.32. The largest absolute Gasteiger partial charge is 0.490 e. The molecule has 0 bridgehead atoms. The Balaban J connectivity index is 1.74. The maximum Gasteiger partial charge on any atom is 0.211 e. The summed E-state index contributed by atoms with van der Waals surface area (Å²) in [5.74, 6) is 1.01. The molecule has 1 unspecified atom stereocenters. The van der Waals surface area contributed by atoms with E-state index in [0.29, 0.717) is 29.2 Å². The fourth-order valence-corrected chi connectivity index (χ4v) is 3.65. The predicted octanol–water partition coefficient (Wildman–Crippen LogP) is 3.18. The Kier molecular flexibility index (Phi) is 6.51. The van der Waals surface area contributed by atoms with Gasteiger partial charge in [-0.3, -0.25) is 5.32 Å². The number of nitrogens with zero attached hydrogens (tertiary/aromatic N) is 4. The van der Waals surface area contributed by atoms with Crippen LogP contribution < -0.4 is 31.6 Å². The first-order valence-corrected chi connectivity index (χ1v) is 10.6. The van der Waals surface area contributed by atoms with Gasteiger partial charge < -0.3 is 26.3 Å². The van der Waals surface area contributed by atoms with E-state index < -0.39 is 6.04 Å². The lowest BCUT2D eigenvalue weighted by molar-refractivity contribution is 0.269. The van der Waals surface area contributed by atoms with Crippen LogP contribution in [-0.2, 0) is 6.61 Å². The number of pyridine rings is 1. The molecule has 0 saturated carbocycles. The van der Waals surface area contributed by atoms with Crippen LogP contribution in [0.25, 0.3) is 0 Å². The van der Waals surface area contributed by atoms with Crippen LogP contribution in [0.1, 0.15) is 35.2 Å². The summed E-state index contributed by atoms with van der Waals surface area (Å²) in [6.07, 6.45) is 1.81. The topological polar surface area (TPSA) is 167 Å². The number of aliphatic imine (C=N–C) groups is 1. The summed E-state index contributed by atoms with van der Waals surface area (Å²) < 4.78 is 24.9. The standard InChI is InChI=1S/C24H21FN8O2/c1-2-34-18-9-14(5-8-17(18)35-11-13-3-6-15(25)7-4-13)21-19-20(28)16(10-26)22(29)32-23(19)33-24(31-21)30-12-27/h3-9,21H,2,11H2,1H3,(H6,28,29,30,31,32,33). The molecule has 3 aromatic rings. The lowest BCUT2D eigenvalue weighted by Gasteiger charge is -2.26. The molecule has 0 fully saturated rings. The number of nitrogens with one attached hydrogen (secondary N) is 2. The van der Waals surface area contributed by atoms with Crippen molar-refractivity contribution in [2.45, 2.75) is 19.6 Å². The number of aromatic nitrogens is 1. The number of nitrogens with two attached hydrogens (primary N) is 2. The molecule has 11 heteroatoms. The molecule has 176 valence electrons. The minimum atomic E-state index is -0.715. The molecule has 4 rings (SSSR count). The molecule has 1 aliphatic heterocycles. The van der Waals surface area contributed by atoms with Gasteiger partial charge in [-0.25, -0.2) is 14.4 Å². The van der Waals surface area contributed by atoms with E-state index >= 15 is 0 Å². The quantitative estimate of drug-likeness (QED) is 0.311. The first-order valence-electron chi connectivity index (χ1n) is 10.6. The molecular formula is C24H21FN8O2. The van der Waals surface area contributed by atoms with Gasteiger partial charge in [-0.1, -0.05) is 18.2 Å². The predicted molar refractivity (Wildman–Crippen MR) is 128 cm³/mol. The SMILES string of the molecule is CCOc1cc(C2N=C(NC#N)Nc3nc(N)c(C#N)c(N)c32)ccc1OCc1ccc(F)cc1. The molecular weight excluding hydrogens is 451 g/mol. The minimum absolute atomic E-state index is 0.0345. The zero-order valence-electron chi connectivity index (χ0n) is 18.7. The maximum absolute atomic E-state index is 13.2. The zero-order chi connectivity index (χ0) is 24.9. The highest BCUT2D eigenvalue weighted by molar-refractivity contribution is 5.98. The summed E-state index contributed by atoms with van der Waals surface area (Å²) in [4.78, 5) is 8.80. The Morgan fingerprint density at radius 3 is 2.57 bits per heavy atom. The average Bonchev–Trinajstić information content (AvgIpc) is 2.84. The number of guanidine groups is 1. The van der Waals surface area contributed by atoms with Crippen molar-refractivity contribution in [3.63, 3.8) is 0 Å². The lowest BCUT2D eigenvalue weighted by atomic mass is 9.95. The third-order valence-corrected chi connectivity index (χ3v) is 5.25. The van der Waals surface area contributed by atoms with E-state index in [1.54, 1.807) is 30.3 Å². The third-order valence-electron chi connectivity index (χ3n) is 5.25. The third kappa shape index (κ3) is 4.70. The van der Waals surface area contributed by atoms with Gasteiger partial charge in [0.15, 0.2) is 17.7 Å². The number of nitriles is 2. The van der Waals surface area contributed by atoms with Crippen molar-refractivity contribution in [3.05, 3.63) is 70.5 Å². The summed E-state index contributed by atoms with van der Waals surface area (Å²) >= 11 is 0. The average molecular weight is 472 g/mol. The summed E-state index contributed by atoms with van der Waals surface area (Å²) in [7, 11) is 0. The smallest absolute Gasteiger partial charge is 0.211 e. The molecule has 0 aliphatic carbocycles. The molecule has 0 amide bonds. The Labute approximate surface area is 200 Å². The number of anilines is 3. The Morgan fingerprint density at radius 1 is 1.11 bits per heavy atom. The summed E-state index contributed by atoms with van der Waals surface area (Å²) in [6.45, 7) is 2.43. The monoisotopic (exact) mass is 472 g/mol. The molecule has 2 heterocycles. The van der Waals surface area contributed by atoms with Crippen molar-refractivity contribution in [2.24, 2.45) is 4.99 Å². The van der Waals surface area contributed by atoms with Gasteiger partial charge >= 0.3 is 0 Å². The summed E-state index contributed by atoms with van der Waals surface area (Å²) in [6, 6.07) is 12.5. The van der Waals surface area contributed by atoms with Crippen LogP contribution >= 0.6 is 0 Å². The van der Waals surface area contributed by atoms with Gasteiger partial charge in [-0.15, -0.1) is 0 Å². The van der Waals surface area contributed by atoms with E-state index in [9.17, 15) is 9.65 Å². The highest BCUT2D eigenvalue weighted by Crippen LogP contribution is 2.42. The normalized spacial score (nSPS) is 13.9. The fourth-order valence-electron chi connectivity index (χ4n) is 3.65. The van der Waals surface area contributed by atoms with Crippen LogP contribution in [-0.4, -0.2) is 17.6 Å². The van der Waals surface area contributed by atoms with Crippen LogP contribution in [0.2, 0.25) is 0 Å². The van der Waals surface area contributed by atoms with Crippen LogP contribution in [0.5, 0.6) is 11.5 Å². The molecule has 2 aromatic carbocycles. The highest BCUT2D eigenvalue weighted by Gasteiger charge is 2.30.